The van der Waals surface area contributed by atoms with E-state index in [1.165, 1.54) is 26.2 Å². The van der Waals surface area contributed by atoms with Gasteiger partial charge in [-0.3, -0.25) is 9.59 Å². The largest absolute Gasteiger partial charge is 0.507 e. The average Bonchev–Trinajstić information content (AvgIpc) is 2.64. The lowest BCUT2D eigenvalue weighted by Crippen LogP contribution is -2.28. The molecule has 0 radical (unpaired) electrons. The van der Waals surface area contributed by atoms with Crippen LogP contribution in [0, 0.1) is 6.92 Å². The van der Waals surface area contributed by atoms with Crippen molar-refractivity contribution >= 4 is 17.8 Å². The van der Waals surface area contributed by atoms with Crippen LogP contribution in [0.15, 0.2) is 39.6 Å². The number of likely N-dealkylation sites (N-methyl/N-ethyl adjacent to an activating group) is 1. The van der Waals surface area contributed by atoms with Crippen molar-refractivity contribution in [3.8, 4) is 17.2 Å². The van der Waals surface area contributed by atoms with Crippen LogP contribution in [0.1, 0.15) is 28.6 Å². The Kier molecular flexibility index (Phi) is 6.97. The molecule has 2 rings (SSSR count). The van der Waals surface area contributed by atoms with Crippen molar-refractivity contribution in [2.75, 3.05) is 20.3 Å². The minimum atomic E-state index is -0.904. The predicted octanol–water partition coefficient (Wildman–Crippen LogP) is 2.07. The van der Waals surface area contributed by atoms with Gasteiger partial charge in [-0.2, -0.15) is 0 Å². The van der Waals surface area contributed by atoms with Crippen LogP contribution in [0.25, 0.3) is 6.08 Å². The molecule has 0 fully saturated rings. The van der Waals surface area contributed by atoms with E-state index in [1.54, 1.807) is 25.1 Å². The van der Waals surface area contributed by atoms with E-state index in [4.69, 9.17) is 13.9 Å². The summed E-state index contributed by atoms with van der Waals surface area (Å²) in [5.41, 5.74) is -0.749. The molecule has 0 aliphatic carbocycles. The summed E-state index contributed by atoms with van der Waals surface area (Å²) in [6.07, 6.45) is 2.60. The van der Waals surface area contributed by atoms with Crippen molar-refractivity contribution in [3.63, 3.8) is 0 Å². The van der Waals surface area contributed by atoms with Crippen LogP contribution in [-0.2, 0) is 4.79 Å². The second-order valence-corrected chi connectivity index (χ2v) is 5.75. The van der Waals surface area contributed by atoms with Crippen LogP contribution in [0.4, 0.5) is 0 Å². The molecule has 1 amide bonds. The van der Waals surface area contributed by atoms with E-state index in [9.17, 15) is 19.5 Å². The zero-order valence-electron chi connectivity index (χ0n) is 15.8. The first-order valence-electron chi connectivity index (χ1n) is 8.49. The molecule has 1 aromatic carbocycles. The van der Waals surface area contributed by atoms with Crippen LogP contribution >= 0.6 is 0 Å². The van der Waals surface area contributed by atoms with Crippen molar-refractivity contribution in [2.24, 2.45) is 0 Å². The predicted molar refractivity (Wildman–Crippen MR) is 102 cm³/mol. The summed E-state index contributed by atoms with van der Waals surface area (Å²) in [6.45, 7) is 3.65. The number of carbonyl (C=O) groups is 2. The number of hydrogen-bond acceptors (Lipinski definition) is 7. The van der Waals surface area contributed by atoms with Gasteiger partial charge in [0.05, 0.1) is 7.11 Å². The maximum Gasteiger partial charge on any atom is 0.351 e. The van der Waals surface area contributed by atoms with Crippen LogP contribution in [-0.4, -0.2) is 37.1 Å². The Morgan fingerprint density at radius 2 is 2.00 bits per heavy atom. The van der Waals surface area contributed by atoms with E-state index in [2.05, 4.69) is 5.32 Å². The first kappa shape index (κ1) is 20.8. The number of methoxy groups -OCH3 is 1. The molecule has 2 N–H and O–H groups in total. The molecule has 1 aromatic heterocycles. The molecule has 1 heterocycles. The monoisotopic (exact) mass is 387 g/mol. The Hall–Kier alpha value is -3.55. The number of rotatable bonds is 8. The minimum Gasteiger partial charge on any atom is -0.507 e. The summed E-state index contributed by atoms with van der Waals surface area (Å²) < 4.78 is 15.5. The van der Waals surface area contributed by atoms with E-state index < -0.39 is 22.7 Å². The molecule has 0 bridgehead atoms. The van der Waals surface area contributed by atoms with Crippen molar-refractivity contribution < 1.29 is 28.6 Å². The van der Waals surface area contributed by atoms with Gasteiger partial charge in [0.15, 0.2) is 23.9 Å². The summed E-state index contributed by atoms with van der Waals surface area (Å²) in [6, 6.07) is 6.05. The highest BCUT2D eigenvalue weighted by atomic mass is 16.5. The fraction of sp³-hybridized carbons (Fsp3) is 0.250. The molecular weight excluding hydrogens is 366 g/mol. The molecule has 0 aliphatic heterocycles. The van der Waals surface area contributed by atoms with Gasteiger partial charge in [-0.25, -0.2) is 4.79 Å². The summed E-state index contributed by atoms with van der Waals surface area (Å²) in [5, 5.41) is 12.4. The maximum absolute atomic E-state index is 12.2. The van der Waals surface area contributed by atoms with Gasteiger partial charge in [-0.15, -0.1) is 0 Å². The number of carbonyl (C=O) groups excluding carboxylic acids is 2. The molecule has 28 heavy (non-hydrogen) atoms. The zero-order chi connectivity index (χ0) is 20.7. The lowest BCUT2D eigenvalue weighted by molar-refractivity contribution is -0.123. The Labute approximate surface area is 161 Å². The molecule has 8 heteroatoms. The van der Waals surface area contributed by atoms with Crippen molar-refractivity contribution in [1.82, 2.24) is 5.32 Å². The molecule has 148 valence electrons. The SMILES string of the molecule is CCNC(=O)COc1ccc(/C=C/C(=O)c2c(O)cc(C)oc2=O)cc1OC. The second kappa shape index (κ2) is 9.40. The quantitative estimate of drug-likeness (QED) is 0.526. The number of hydrogen-bond donors (Lipinski definition) is 2. The lowest BCUT2D eigenvalue weighted by Gasteiger charge is -2.11. The van der Waals surface area contributed by atoms with Crippen molar-refractivity contribution in [1.29, 1.82) is 0 Å². The summed E-state index contributed by atoms with van der Waals surface area (Å²) in [7, 11) is 1.45. The normalized spacial score (nSPS) is 10.7. The third-order valence-corrected chi connectivity index (χ3v) is 3.65. The molecule has 0 aliphatic rings. The first-order valence-corrected chi connectivity index (χ1v) is 8.49. The fourth-order valence-corrected chi connectivity index (χ4v) is 2.38. The number of ketones is 1. The smallest absolute Gasteiger partial charge is 0.351 e. The van der Waals surface area contributed by atoms with E-state index in [0.29, 0.717) is 23.6 Å². The Morgan fingerprint density at radius 1 is 1.25 bits per heavy atom. The lowest BCUT2D eigenvalue weighted by atomic mass is 10.1. The molecule has 2 aromatic rings. The van der Waals surface area contributed by atoms with Gasteiger partial charge >= 0.3 is 5.63 Å². The molecule has 0 spiro atoms. The van der Waals surface area contributed by atoms with Gasteiger partial charge in [-0.1, -0.05) is 12.1 Å². The van der Waals surface area contributed by atoms with Gasteiger partial charge in [0.25, 0.3) is 5.91 Å². The number of amides is 1. The Balaban J connectivity index is 2.17. The highest BCUT2D eigenvalue weighted by Crippen LogP contribution is 2.28. The maximum atomic E-state index is 12.2. The Bertz CT molecular complexity index is 960. The molecule has 0 unspecified atom stereocenters. The molecule has 0 atom stereocenters. The van der Waals surface area contributed by atoms with Crippen molar-refractivity contribution in [2.45, 2.75) is 13.8 Å². The highest BCUT2D eigenvalue weighted by molar-refractivity contribution is 6.08. The molecule has 0 saturated heterocycles. The summed E-state index contributed by atoms with van der Waals surface area (Å²) in [5.74, 6) is -0.436. The number of aryl methyl sites for hydroxylation is 1. The van der Waals surface area contributed by atoms with Crippen LogP contribution < -0.4 is 20.4 Å². The third kappa shape index (κ3) is 5.23. The van der Waals surface area contributed by atoms with E-state index in [0.717, 1.165) is 6.08 Å². The van der Waals surface area contributed by atoms with Gasteiger partial charge in [0, 0.05) is 12.6 Å². The highest BCUT2D eigenvalue weighted by Gasteiger charge is 2.16. The number of ether oxygens (including phenoxy) is 2. The zero-order valence-corrected chi connectivity index (χ0v) is 15.8. The van der Waals surface area contributed by atoms with E-state index in [-0.39, 0.29) is 18.3 Å². The van der Waals surface area contributed by atoms with Gasteiger partial charge in [0.1, 0.15) is 17.1 Å². The molecule has 8 nitrogen and oxygen atoms in total. The van der Waals surface area contributed by atoms with Gasteiger partial charge in [0.2, 0.25) is 0 Å². The van der Waals surface area contributed by atoms with Gasteiger partial charge in [-0.05, 0) is 37.6 Å². The average molecular weight is 387 g/mol. The van der Waals surface area contributed by atoms with Crippen LogP contribution in [0.2, 0.25) is 0 Å². The second-order valence-electron chi connectivity index (χ2n) is 5.75. The van der Waals surface area contributed by atoms with E-state index in [1.807, 2.05) is 0 Å². The molecule has 0 saturated carbocycles. The first-order chi connectivity index (χ1) is 13.3. The van der Waals surface area contributed by atoms with Crippen molar-refractivity contribution in [3.05, 3.63) is 57.6 Å². The number of nitrogens with one attached hydrogen (secondary N) is 1. The summed E-state index contributed by atoms with van der Waals surface area (Å²) >= 11 is 0. The number of allylic oxidation sites excluding steroid dienone is 1. The number of benzene rings is 1. The Morgan fingerprint density at radius 3 is 2.64 bits per heavy atom. The van der Waals surface area contributed by atoms with Crippen LogP contribution in [0.5, 0.6) is 17.2 Å². The third-order valence-electron chi connectivity index (χ3n) is 3.65. The number of aromatic hydroxyl groups is 1. The fourth-order valence-electron chi connectivity index (χ4n) is 2.38. The van der Waals surface area contributed by atoms with E-state index >= 15 is 0 Å². The van der Waals surface area contributed by atoms with Gasteiger partial charge < -0.3 is 24.3 Å². The van der Waals surface area contributed by atoms with Crippen LogP contribution in [0.3, 0.4) is 0 Å². The standard InChI is InChI=1S/C20H21NO7/c1-4-21-18(24)11-27-16-8-6-13(10-17(16)26-3)5-7-14(22)19-15(23)9-12(2)28-20(19)25/h5-10,23H,4,11H2,1-3H3,(H,21,24)/b7-5+. The summed E-state index contributed by atoms with van der Waals surface area (Å²) in [4.78, 5) is 35.5. The minimum absolute atomic E-state index is 0.152. The topological polar surface area (TPSA) is 115 Å². The molecular formula is C20H21NO7.